The Morgan fingerprint density at radius 1 is 1.19 bits per heavy atom. The number of nitrogens with one attached hydrogen (secondary N) is 2. The van der Waals surface area contributed by atoms with Crippen LogP contribution in [0.1, 0.15) is 48.9 Å². The molecule has 1 aliphatic carbocycles. The van der Waals surface area contributed by atoms with E-state index < -0.39 is 10.0 Å². The second-order valence-corrected chi connectivity index (χ2v) is 9.62. The van der Waals surface area contributed by atoms with Crippen molar-refractivity contribution >= 4 is 15.9 Å². The molecular formula is C19H27N3O4S. The van der Waals surface area contributed by atoms with Crippen LogP contribution in [0.3, 0.4) is 0 Å². The normalized spacial score (nSPS) is 27.4. The molecule has 0 spiro atoms. The standard InChI is InChI=1S/C19H27N3O4S/c1-22(16-10-14-6-7-15(11-16)20-14)19(23)12-3-8-17(26-2)18(9-12)27(24,25)21-13-4-5-13/h3,8-9,13-16,20-21H,4-7,10-11H2,1-2H3. The van der Waals surface area contributed by atoms with Gasteiger partial charge in [0.05, 0.1) is 7.11 Å². The number of sulfonamides is 1. The zero-order valence-electron chi connectivity index (χ0n) is 15.8. The Morgan fingerprint density at radius 2 is 1.85 bits per heavy atom. The Bertz CT molecular complexity index is 825. The Labute approximate surface area is 160 Å². The highest BCUT2D eigenvalue weighted by atomic mass is 32.2. The molecule has 2 N–H and O–H groups in total. The summed E-state index contributed by atoms with van der Waals surface area (Å²) >= 11 is 0. The van der Waals surface area contributed by atoms with E-state index in [0.29, 0.717) is 17.6 Å². The lowest BCUT2D eigenvalue weighted by Gasteiger charge is -2.35. The molecule has 27 heavy (non-hydrogen) atoms. The van der Waals surface area contributed by atoms with Gasteiger partial charge < -0.3 is 15.0 Å². The van der Waals surface area contributed by atoms with Gasteiger partial charge >= 0.3 is 0 Å². The molecule has 8 heteroatoms. The number of hydrogen-bond acceptors (Lipinski definition) is 5. The number of ether oxygens (including phenoxy) is 1. The lowest BCUT2D eigenvalue weighted by Crippen LogP contribution is -2.48. The molecule has 2 saturated heterocycles. The SMILES string of the molecule is COc1ccc(C(=O)N(C)C2CC3CCC(C2)N3)cc1S(=O)(=O)NC1CC1. The molecule has 2 heterocycles. The number of methoxy groups -OCH3 is 1. The van der Waals surface area contributed by atoms with Crippen LogP contribution in [0.2, 0.25) is 0 Å². The summed E-state index contributed by atoms with van der Waals surface area (Å²) in [4.78, 5) is 14.8. The minimum atomic E-state index is -3.71. The van der Waals surface area contributed by atoms with Gasteiger partial charge in [-0.3, -0.25) is 4.79 Å². The van der Waals surface area contributed by atoms with Crippen LogP contribution in [0, 0.1) is 0 Å². The van der Waals surface area contributed by atoms with Gasteiger partial charge in [0.1, 0.15) is 10.6 Å². The van der Waals surface area contributed by atoms with Gasteiger partial charge in [-0.2, -0.15) is 0 Å². The molecule has 0 aromatic heterocycles. The number of hydrogen-bond donors (Lipinski definition) is 2. The van der Waals surface area contributed by atoms with E-state index in [1.807, 2.05) is 7.05 Å². The van der Waals surface area contributed by atoms with Crippen LogP contribution in [0.4, 0.5) is 0 Å². The lowest BCUT2D eigenvalue weighted by atomic mass is 9.98. The van der Waals surface area contributed by atoms with Gasteiger partial charge in [0.2, 0.25) is 10.0 Å². The van der Waals surface area contributed by atoms with Crippen molar-refractivity contribution in [1.82, 2.24) is 14.9 Å². The maximum Gasteiger partial charge on any atom is 0.253 e. The second-order valence-electron chi connectivity index (χ2n) is 7.94. The minimum absolute atomic E-state index is 0.00745. The highest BCUT2D eigenvalue weighted by Gasteiger charge is 2.37. The largest absolute Gasteiger partial charge is 0.495 e. The second kappa shape index (κ2) is 7.07. The first-order valence-electron chi connectivity index (χ1n) is 9.61. The number of fused-ring (bicyclic) bond motifs is 2. The van der Waals surface area contributed by atoms with Gasteiger partial charge in [0.15, 0.2) is 0 Å². The van der Waals surface area contributed by atoms with Crippen molar-refractivity contribution in [3.63, 3.8) is 0 Å². The molecule has 2 bridgehead atoms. The number of benzene rings is 1. The maximum absolute atomic E-state index is 13.0. The van der Waals surface area contributed by atoms with Crippen molar-refractivity contribution in [2.24, 2.45) is 0 Å². The van der Waals surface area contributed by atoms with Crippen molar-refractivity contribution in [3.05, 3.63) is 23.8 Å². The van der Waals surface area contributed by atoms with Crippen LogP contribution in [0.15, 0.2) is 23.1 Å². The zero-order valence-corrected chi connectivity index (χ0v) is 16.6. The topological polar surface area (TPSA) is 87.7 Å². The third kappa shape index (κ3) is 3.83. The van der Waals surface area contributed by atoms with Gasteiger partial charge in [0.25, 0.3) is 5.91 Å². The van der Waals surface area contributed by atoms with Gasteiger partial charge in [-0.15, -0.1) is 0 Å². The summed E-state index contributed by atoms with van der Waals surface area (Å²) in [5.74, 6) is 0.106. The lowest BCUT2D eigenvalue weighted by molar-refractivity contribution is 0.0681. The van der Waals surface area contributed by atoms with Crippen LogP contribution < -0.4 is 14.8 Å². The Hall–Kier alpha value is -1.64. The molecule has 0 radical (unpaired) electrons. The molecule has 1 aromatic rings. The highest BCUT2D eigenvalue weighted by molar-refractivity contribution is 7.89. The van der Waals surface area contributed by atoms with Crippen LogP contribution in [-0.2, 0) is 10.0 Å². The fraction of sp³-hybridized carbons (Fsp3) is 0.632. The van der Waals surface area contributed by atoms with Crippen molar-refractivity contribution in [2.75, 3.05) is 14.2 Å². The summed E-state index contributed by atoms with van der Waals surface area (Å²) in [6, 6.07) is 5.79. The maximum atomic E-state index is 13.0. The van der Waals surface area contributed by atoms with E-state index in [9.17, 15) is 13.2 Å². The fourth-order valence-electron chi connectivity index (χ4n) is 4.22. The smallest absolute Gasteiger partial charge is 0.253 e. The summed E-state index contributed by atoms with van der Waals surface area (Å²) in [6.45, 7) is 0. The predicted molar refractivity (Wildman–Crippen MR) is 101 cm³/mol. The molecule has 1 aromatic carbocycles. The fourth-order valence-corrected chi connectivity index (χ4v) is 5.72. The van der Waals surface area contributed by atoms with Crippen molar-refractivity contribution in [1.29, 1.82) is 0 Å². The Balaban J connectivity index is 1.57. The molecule has 1 saturated carbocycles. The average molecular weight is 394 g/mol. The quantitative estimate of drug-likeness (QED) is 0.765. The minimum Gasteiger partial charge on any atom is -0.495 e. The molecule has 3 aliphatic rings. The van der Waals surface area contributed by atoms with Crippen molar-refractivity contribution < 1.29 is 17.9 Å². The zero-order chi connectivity index (χ0) is 19.2. The first kappa shape index (κ1) is 18.7. The van der Waals surface area contributed by atoms with Gasteiger partial charge in [-0.1, -0.05) is 0 Å². The van der Waals surface area contributed by atoms with E-state index in [4.69, 9.17) is 4.74 Å². The molecule has 2 unspecified atom stereocenters. The number of piperidine rings is 1. The van der Waals surface area contributed by atoms with Gasteiger partial charge in [0, 0.05) is 36.8 Å². The number of rotatable bonds is 6. The number of carbonyl (C=O) groups is 1. The molecule has 4 rings (SSSR count). The summed E-state index contributed by atoms with van der Waals surface area (Å²) in [7, 11) is -0.457. The molecule has 1 amide bonds. The Morgan fingerprint density at radius 3 is 2.44 bits per heavy atom. The van der Waals surface area contributed by atoms with Gasteiger partial charge in [-0.25, -0.2) is 13.1 Å². The van der Waals surface area contributed by atoms with Crippen LogP contribution >= 0.6 is 0 Å². The van der Waals surface area contributed by atoms with Crippen LogP contribution in [0.5, 0.6) is 5.75 Å². The van der Waals surface area contributed by atoms with E-state index in [2.05, 4.69) is 10.0 Å². The van der Waals surface area contributed by atoms with Crippen LogP contribution in [-0.4, -0.2) is 57.5 Å². The van der Waals surface area contributed by atoms with E-state index in [1.54, 1.807) is 17.0 Å². The van der Waals surface area contributed by atoms with E-state index in [1.165, 1.54) is 26.0 Å². The van der Waals surface area contributed by atoms with Crippen molar-refractivity contribution in [3.8, 4) is 5.75 Å². The van der Waals surface area contributed by atoms with E-state index in [-0.39, 0.29) is 28.6 Å². The average Bonchev–Trinajstić information content (AvgIpc) is 3.41. The molecule has 2 atom stereocenters. The number of nitrogens with zero attached hydrogens (tertiary/aromatic N) is 1. The van der Waals surface area contributed by atoms with Gasteiger partial charge in [-0.05, 0) is 56.7 Å². The monoisotopic (exact) mass is 393 g/mol. The molecule has 148 valence electrons. The van der Waals surface area contributed by atoms with E-state index >= 15 is 0 Å². The molecular weight excluding hydrogens is 366 g/mol. The first-order valence-corrected chi connectivity index (χ1v) is 11.1. The third-order valence-corrected chi connectivity index (χ3v) is 7.46. The van der Waals surface area contributed by atoms with E-state index in [0.717, 1.165) is 25.7 Å². The first-order chi connectivity index (χ1) is 12.9. The Kier molecular flexibility index (Phi) is 4.90. The number of carbonyl (C=O) groups excluding carboxylic acids is 1. The number of amides is 1. The predicted octanol–water partition coefficient (Wildman–Crippen LogP) is 1.49. The third-order valence-electron chi connectivity index (χ3n) is 5.92. The van der Waals surface area contributed by atoms with Crippen molar-refractivity contribution in [2.45, 2.75) is 67.6 Å². The summed E-state index contributed by atoms with van der Waals surface area (Å²) in [5.41, 5.74) is 0.375. The van der Waals surface area contributed by atoms with Crippen LogP contribution in [0.25, 0.3) is 0 Å². The summed E-state index contributed by atoms with van der Waals surface area (Å²) in [6.07, 6.45) is 5.93. The molecule has 7 nitrogen and oxygen atoms in total. The highest BCUT2D eigenvalue weighted by Crippen LogP contribution is 2.31. The summed E-state index contributed by atoms with van der Waals surface area (Å²) < 4.78 is 33.2. The molecule has 3 fully saturated rings. The molecule has 2 aliphatic heterocycles. The summed E-state index contributed by atoms with van der Waals surface area (Å²) in [5, 5.41) is 3.58.